The lowest BCUT2D eigenvalue weighted by molar-refractivity contribution is -0.135. The molecule has 5 nitrogen and oxygen atoms in total. The van der Waals surface area contributed by atoms with Gasteiger partial charge in [-0.15, -0.1) is 12.4 Å². The predicted octanol–water partition coefficient (Wildman–Crippen LogP) is 0.424. The van der Waals surface area contributed by atoms with Gasteiger partial charge in [-0.1, -0.05) is 0 Å². The summed E-state index contributed by atoms with van der Waals surface area (Å²) < 4.78 is 11.1. The summed E-state index contributed by atoms with van der Waals surface area (Å²) in [7, 11) is 0. The van der Waals surface area contributed by atoms with Crippen molar-refractivity contribution in [2.24, 2.45) is 0 Å². The summed E-state index contributed by atoms with van der Waals surface area (Å²) in [6.07, 6.45) is 1.60. The van der Waals surface area contributed by atoms with Crippen molar-refractivity contribution in [2.45, 2.75) is 32.0 Å². The number of hydrogen-bond donors (Lipinski definition) is 1. The van der Waals surface area contributed by atoms with Gasteiger partial charge in [0, 0.05) is 32.8 Å². The van der Waals surface area contributed by atoms with Crippen molar-refractivity contribution in [1.29, 1.82) is 0 Å². The summed E-state index contributed by atoms with van der Waals surface area (Å²) in [5.41, 5.74) is 0. The van der Waals surface area contributed by atoms with E-state index < -0.39 is 0 Å². The van der Waals surface area contributed by atoms with Gasteiger partial charge in [0.1, 0.15) is 0 Å². The number of hydrogen-bond acceptors (Lipinski definition) is 4. The van der Waals surface area contributed by atoms with E-state index >= 15 is 0 Å². The molecule has 106 valence electrons. The van der Waals surface area contributed by atoms with E-state index in [4.69, 9.17) is 9.47 Å². The zero-order valence-corrected chi connectivity index (χ0v) is 11.7. The number of ether oxygens (including phenoxy) is 2. The van der Waals surface area contributed by atoms with Gasteiger partial charge < -0.3 is 19.7 Å². The lowest BCUT2D eigenvalue weighted by Gasteiger charge is -2.27. The summed E-state index contributed by atoms with van der Waals surface area (Å²) in [4.78, 5) is 14.0. The number of halogens is 1. The number of morpholine rings is 1. The second kappa shape index (κ2) is 7.94. The van der Waals surface area contributed by atoms with Crippen molar-refractivity contribution < 1.29 is 14.3 Å². The van der Waals surface area contributed by atoms with Crippen molar-refractivity contribution in [1.82, 2.24) is 10.2 Å². The molecule has 0 aromatic carbocycles. The third-order valence-corrected chi connectivity index (χ3v) is 3.21. The van der Waals surface area contributed by atoms with Crippen molar-refractivity contribution in [3.8, 4) is 0 Å². The molecule has 2 aliphatic heterocycles. The van der Waals surface area contributed by atoms with Gasteiger partial charge in [-0.3, -0.25) is 4.79 Å². The first-order chi connectivity index (χ1) is 8.25. The molecular weight excluding hydrogens is 256 g/mol. The number of carbonyl (C=O) groups is 1. The molecule has 1 amide bonds. The van der Waals surface area contributed by atoms with E-state index in [0.29, 0.717) is 19.6 Å². The maximum absolute atomic E-state index is 12.1. The summed E-state index contributed by atoms with van der Waals surface area (Å²) in [6, 6.07) is 0. The molecule has 0 aliphatic carbocycles. The van der Waals surface area contributed by atoms with E-state index in [9.17, 15) is 4.79 Å². The first-order valence-corrected chi connectivity index (χ1v) is 6.47. The van der Waals surface area contributed by atoms with Crippen molar-refractivity contribution in [2.75, 3.05) is 39.4 Å². The predicted molar refractivity (Wildman–Crippen MR) is 71.1 cm³/mol. The van der Waals surface area contributed by atoms with Gasteiger partial charge in [0.25, 0.3) is 0 Å². The van der Waals surface area contributed by atoms with Gasteiger partial charge in [-0.2, -0.15) is 0 Å². The van der Waals surface area contributed by atoms with Crippen molar-refractivity contribution in [3.05, 3.63) is 0 Å². The molecule has 0 aromatic heterocycles. The Labute approximate surface area is 115 Å². The maximum Gasteiger partial charge on any atom is 0.225 e. The summed E-state index contributed by atoms with van der Waals surface area (Å²) in [5, 5.41) is 3.24. The SMILES string of the molecule is CC1CN(C(=O)CC2CNCCO2)CCCO1.Cl. The highest BCUT2D eigenvalue weighted by Gasteiger charge is 2.24. The third-order valence-electron chi connectivity index (χ3n) is 3.21. The number of rotatable bonds is 2. The standard InChI is InChI=1S/C12H22N2O3.ClH/c1-10-9-14(4-2-5-16-10)12(15)7-11-8-13-3-6-17-11;/h10-11,13H,2-9H2,1H3;1H. The molecule has 1 N–H and O–H groups in total. The average molecular weight is 279 g/mol. The molecule has 0 aromatic rings. The second-order valence-corrected chi connectivity index (χ2v) is 4.78. The molecule has 2 fully saturated rings. The molecule has 6 heteroatoms. The molecule has 0 spiro atoms. The van der Waals surface area contributed by atoms with E-state index in [1.54, 1.807) is 0 Å². The van der Waals surface area contributed by atoms with Gasteiger partial charge in [0.15, 0.2) is 0 Å². The highest BCUT2D eigenvalue weighted by molar-refractivity contribution is 5.85. The van der Waals surface area contributed by atoms with Crippen LogP contribution in [0.1, 0.15) is 19.8 Å². The van der Waals surface area contributed by atoms with Gasteiger partial charge >= 0.3 is 0 Å². The Morgan fingerprint density at radius 3 is 2.94 bits per heavy atom. The van der Waals surface area contributed by atoms with Crippen LogP contribution >= 0.6 is 12.4 Å². The molecule has 18 heavy (non-hydrogen) atoms. The number of carbonyl (C=O) groups excluding carboxylic acids is 1. The van der Waals surface area contributed by atoms with Crippen LogP contribution in [-0.4, -0.2) is 62.4 Å². The summed E-state index contributed by atoms with van der Waals surface area (Å²) >= 11 is 0. The van der Waals surface area contributed by atoms with E-state index in [0.717, 1.165) is 32.7 Å². The largest absolute Gasteiger partial charge is 0.377 e. The van der Waals surface area contributed by atoms with Gasteiger partial charge in [0.2, 0.25) is 5.91 Å². The Morgan fingerprint density at radius 1 is 1.39 bits per heavy atom. The van der Waals surface area contributed by atoms with Crippen LogP contribution in [-0.2, 0) is 14.3 Å². The van der Waals surface area contributed by atoms with Crippen molar-refractivity contribution in [3.63, 3.8) is 0 Å². The lowest BCUT2D eigenvalue weighted by Crippen LogP contribution is -2.43. The zero-order chi connectivity index (χ0) is 12.1. The highest BCUT2D eigenvalue weighted by Crippen LogP contribution is 2.10. The van der Waals surface area contributed by atoms with E-state index in [-0.39, 0.29) is 30.5 Å². The molecule has 2 aliphatic rings. The summed E-state index contributed by atoms with van der Waals surface area (Å²) in [5.74, 6) is 0.191. The Kier molecular flexibility index (Phi) is 6.92. The van der Waals surface area contributed by atoms with Crippen LogP contribution in [0.15, 0.2) is 0 Å². The van der Waals surface area contributed by atoms with Crippen LogP contribution < -0.4 is 5.32 Å². The Balaban J connectivity index is 0.00000162. The number of amides is 1. The fourth-order valence-corrected chi connectivity index (χ4v) is 2.30. The van der Waals surface area contributed by atoms with Crippen molar-refractivity contribution >= 4 is 18.3 Å². The van der Waals surface area contributed by atoms with Gasteiger partial charge in [0.05, 0.1) is 25.2 Å². The average Bonchev–Trinajstić information content (AvgIpc) is 2.55. The molecule has 0 radical (unpaired) electrons. The number of nitrogens with zero attached hydrogens (tertiary/aromatic N) is 1. The Hall–Kier alpha value is -0.360. The van der Waals surface area contributed by atoms with Crippen LogP contribution in [0.3, 0.4) is 0 Å². The number of nitrogens with one attached hydrogen (secondary N) is 1. The zero-order valence-electron chi connectivity index (χ0n) is 10.9. The minimum atomic E-state index is 0. The molecule has 2 saturated heterocycles. The normalized spacial score (nSPS) is 29.3. The molecule has 0 bridgehead atoms. The van der Waals surface area contributed by atoms with E-state index in [2.05, 4.69) is 5.32 Å². The van der Waals surface area contributed by atoms with Crippen LogP contribution in [0.5, 0.6) is 0 Å². The molecule has 2 rings (SSSR count). The first-order valence-electron chi connectivity index (χ1n) is 6.47. The molecule has 0 saturated carbocycles. The minimum Gasteiger partial charge on any atom is -0.377 e. The summed E-state index contributed by atoms with van der Waals surface area (Å²) in [6.45, 7) is 6.67. The molecule has 2 atom stereocenters. The monoisotopic (exact) mass is 278 g/mol. The van der Waals surface area contributed by atoms with E-state index in [1.807, 2.05) is 11.8 Å². The Bertz CT molecular complexity index is 260. The highest BCUT2D eigenvalue weighted by atomic mass is 35.5. The van der Waals surface area contributed by atoms with Crippen LogP contribution in [0.2, 0.25) is 0 Å². The molecule has 2 heterocycles. The second-order valence-electron chi connectivity index (χ2n) is 4.78. The van der Waals surface area contributed by atoms with Crippen LogP contribution in [0.25, 0.3) is 0 Å². The van der Waals surface area contributed by atoms with Crippen LogP contribution in [0.4, 0.5) is 0 Å². The molecular formula is C12H23ClN2O3. The third kappa shape index (κ3) is 4.72. The van der Waals surface area contributed by atoms with Crippen LogP contribution in [0, 0.1) is 0 Å². The van der Waals surface area contributed by atoms with E-state index in [1.165, 1.54) is 0 Å². The fraction of sp³-hybridized carbons (Fsp3) is 0.917. The smallest absolute Gasteiger partial charge is 0.225 e. The fourth-order valence-electron chi connectivity index (χ4n) is 2.30. The topological polar surface area (TPSA) is 50.8 Å². The molecule has 2 unspecified atom stereocenters. The van der Waals surface area contributed by atoms with Gasteiger partial charge in [-0.05, 0) is 13.3 Å². The quantitative estimate of drug-likeness (QED) is 0.796. The maximum atomic E-state index is 12.1. The minimum absolute atomic E-state index is 0. The first kappa shape index (κ1) is 15.7. The Morgan fingerprint density at radius 2 is 2.22 bits per heavy atom. The lowest BCUT2D eigenvalue weighted by atomic mass is 10.2. The van der Waals surface area contributed by atoms with Gasteiger partial charge in [-0.25, -0.2) is 0 Å².